The lowest BCUT2D eigenvalue weighted by Gasteiger charge is -2.34. The quantitative estimate of drug-likeness (QED) is 0.867. The van der Waals surface area contributed by atoms with Gasteiger partial charge >= 0.3 is 0 Å². The molecule has 5 nitrogen and oxygen atoms in total. The van der Waals surface area contributed by atoms with Gasteiger partial charge < -0.3 is 4.90 Å². The average molecular weight is 302 g/mol. The maximum Gasteiger partial charge on any atom is 0.267 e. The number of aromatic nitrogens is 2. The lowest BCUT2D eigenvalue weighted by atomic mass is 10.2. The standard InChI is InChI=1S/C15H18N4OS/c1-12-14(21-17-16-12)15(20)19-9-7-18(8-10-19)11-13-5-3-2-4-6-13/h2-6H,7-11H2,1H3. The van der Waals surface area contributed by atoms with E-state index in [-0.39, 0.29) is 5.91 Å². The molecule has 0 aliphatic carbocycles. The number of aryl methyl sites for hydroxylation is 1. The molecule has 0 radical (unpaired) electrons. The third-order valence-electron chi connectivity index (χ3n) is 3.75. The molecule has 1 aliphatic rings. The van der Waals surface area contributed by atoms with Crippen molar-refractivity contribution < 1.29 is 4.79 Å². The number of hydrogen-bond acceptors (Lipinski definition) is 5. The van der Waals surface area contributed by atoms with Crippen LogP contribution in [0.4, 0.5) is 0 Å². The van der Waals surface area contributed by atoms with Gasteiger partial charge in [0.15, 0.2) is 0 Å². The van der Waals surface area contributed by atoms with Crippen molar-refractivity contribution in [2.45, 2.75) is 13.5 Å². The van der Waals surface area contributed by atoms with E-state index in [0.29, 0.717) is 4.88 Å². The summed E-state index contributed by atoms with van der Waals surface area (Å²) in [6, 6.07) is 10.4. The van der Waals surface area contributed by atoms with E-state index in [1.54, 1.807) is 0 Å². The monoisotopic (exact) mass is 302 g/mol. The highest BCUT2D eigenvalue weighted by atomic mass is 32.1. The highest BCUT2D eigenvalue weighted by Gasteiger charge is 2.24. The van der Waals surface area contributed by atoms with Crippen LogP contribution in [0, 0.1) is 6.92 Å². The number of hydrogen-bond donors (Lipinski definition) is 0. The Kier molecular flexibility index (Phi) is 4.26. The molecule has 21 heavy (non-hydrogen) atoms. The molecule has 6 heteroatoms. The van der Waals surface area contributed by atoms with Crippen molar-refractivity contribution in [2.24, 2.45) is 0 Å². The van der Waals surface area contributed by atoms with Gasteiger partial charge in [-0.2, -0.15) is 0 Å². The Labute approximate surface area is 128 Å². The van der Waals surface area contributed by atoms with E-state index in [1.807, 2.05) is 17.9 Å². The van der Waals surface area contributed by atoms with Gasteiger partial charge in [-0.15, -0.1) is 5.10 Å². The number of carbonyl (C=O) groups excluding carboxylic acids is 1. The first-order valence-corrected chi connectivity index (χ1v) is 7.86. The second-order valence-electron chi connectivity index (χ2n) is 5.24. The fourth-order valence-corrected chi connectivity index (χ4v) is 3.15. The van der Waals surface area contributed by atoms with Crippen LogP contribution in [0.2, 0.25) is 0 Å². The number of rotatable bonds is 3. The first kappa shape index (κ1) is 14.2. The first-order chi connectivity index (χ1) is 10.2. The van der Waals surface area contributed by atoms with E-state index in [0.717, 1.165) is 38.4 Å². The van der Waals surface area contributed by atoms with Crippen molar-refractivity contribution in [3.05, 3.63) is 46.5 Å². The maximum absolute atomic E-state index is 12.4. The molecule has 1 aromatic heterocycles. The highest BCUT2D eigenvalue weighted by Crippen LogP contribution is 2.15. The zero-order chi connectivity index (χ0) is 14.7. The zero-order valence-electron chi connectivity index (χ0n) is 12.0. The minimum Gasteiger partial charge on any atom is -0.335 e. The second-order valence-corrected chi connectivity index (χ2v) is 6.00. The minimum atomic E-state index is 0.0712. The summed E-state index contributed by atoms with van der Waals surface area (Å²) >= 11 is 1.19. The molecule has 0 atom stereocenters. The van der Waals surface area contributed by atoms with Gasteiger partial charge in [-0.3, -0.25) is 9.69 Å². The third-order valence-corrected chi connectivity index (χ3v) is 4.57. The van der Waals surface area contributed by atoms with Crippen molar-refractivity contribution in [1.82, 2.24) is 19.4 Å². The number of amides is 1. The van der Waals surface area contributed by atoms with Gasteiger partial charge in [0.05, 0.1) is 5.69 Å². The first-order valence-electron chi connectivity index (χ1n) is 7.08. The van der Waals surface area contributed by atoms with Crippen LogP contribution in [0.1, 0.15) is 20.9 Å². The molecule has 1 saturated heterocycles. The Morgan fingerprint density at radius 3 is 2.52 bits per heavy atom. The molecule has 0 saturated carbocycles. The highest BCUT2D eigenvalue weighted by molar-refractivity contribution is 7.07. The molecule has 2 aromatic rings. The van der Waals surface area contributed by atoms with Gasteiger partial charge in [-0.05, 0) is 24.0 Å². The SMILES string of the molecule is Cc1nnsc1C(=O)N1CCN(Cc2ccccc2)CC1. The third kappa shape index (κ3) is 3.28. The summed E-state index contributed by atoms with van der Waals surface area (Å²) in [4.78, 5) is 17.3. The van der Waals surface area contributed by atoms with Crippen molar-refractivity contribution in [3.8, 4) is 0 Å². The summed E-state index contributed by atoms with van der Waals surface area (Å²) < 4.78 is 3.84. The lowest BCUT2D eigenvalue weighted by molar-refractivity contribution is 0.0632. The number of benzene rings is 1. The fourth-order valence-electron chi connectivity index (χ4n) is 2.52. The van der Waals surface area contributed by atoms with Gasteiger partial charge in [0.1, 0.15) is 4.88 Å². The van der Waals surface area contributed by atoms with E-state index in [2.05, 4.69) is 38.8 Å². The number of carbonyl (C=O) groups is 1. The normalized spacial score (nSPS) is 16.1. The molecule has 1 aliphatic heterocycles. The van der Waals surface area contributed by atoms with Crippen LogP contribution < -0.4 is 0 Å². The molecular weight excluding hydrogens is 284 g/mol. The predicted octanol–water partition coefficient (Wildman–Crippen LogP) is 1.80. The van der Waals surface area contributed by atoms with Crippen molar-refractivity contribution in [1.29, 1.82) is 0 Å². The van der Waals surface area contributed by atoms with E-state index in [4.69, 9.17) is 0 Å². The summed E-state index contributed by atoms with van der Waals surface area (Å²) in [5, 5.41) is 3.91. The van der Waals surface area contributed by atoms with Gasteiger partial charge in [0.2, 0.25) is 0 Å². The van der Waals surface area contributed by atoms with E-state index in [9.17, 15) is 4.79 Å². The molecule has 1 fully saturated rings. The van der Waals surface area contributed by atoms with E-state index >= 15 is 0 Å². The molecule has 1 amide bonds. The molecule has 0 bridgehead atoms. The molecular formula is C15H18N4OS. The molecule has 0 spiro atoms. The molecule has 110 valence electrons. The Morgan fingerprint density at radius 2 is 1.90 bits per heavy atom. The summed E-state index contributed by atoms with van der Waals surface area (Å²) in [5.41, 5.74) is 2.05. The van der Waals surface area contributed by atoms with Crippen LogP contribution in [0.5, 0.6) is 0 Å². The number of piperazine rings is 1. The van der Waals surface area contributed by atoms with E-state index < -0.39 is 0 Å². The predicted molar refractivity (Wildman–Crippen MR) is 82.3 cm³/mol. The van der Waals surface area contributed by atoms with Crippen LogP contribution in [-0.2, 0) is 6.54 Å². The molecule has 0 unspecified atom stereocenters. The average Bonchev–Trinajstić information content (AvgIpc) is 2.94. The Hall–Kier alpha value is -1.79. The van der Waals surface area contributed by atoms with Crippen molar-refractivity contribution in [3.63, 3.8) is 0 Å². The second kappa shape index (κ2) is 6.32. The topological polar surface area (TPSA) is 49.3 Å². The van der Waals surface area contributed by atoms with Gasteiger partial charge in [0.25, 0.3) is 5.91 Å². The van der Waals surface area contributed by atoms with Crippen LogP contribution in [0.15, 0.2) is 30.3 Å². The molecule has 0 N–H and O–H groups in total. The minimum absolute atomic E-state index is 0.0712. The Balaban J connectivity index is 1.56. The van der Waals surface area contributed by atoms with E-state index in [1.165, 1.54) is 17.1 Å². The zero-order valence-corrected chi connectivity index (χ0v) is 12.8. The van der Waals surface area contributed by atoms with Crippen LogP contribution in [-0.4, -0.2) is 51.5 Å². The van der Waals surface area contributed by atoms with Gasteiger partial charge in [-0.1, -0.05) is 34.8 Å². The van der Waals surface area contributed by atoms with Crippen LogP contribution in [0.25, 0.3) is 0 Å². The Bertz CT molecular complexity index is 605. The summed E-state index contributed by atoms with van der Waals surface area (Å²) in [6.07, 6.45) is 0. The largest absolute Gasteiger partial charge is 0.335 e. The summed E-state index contributed by atoms with van der Waals surface area (Å²) in [5.74, 6) is 0.0712. The number of nitrogens with zero attached hydrogens (tertiary/aromatic N) is 4. The smallest absolute Gasteiger partial charge is 0.267 e. The summed E-state index contributed by atoms with van der Waals surface area (Å²) in [6.45, 7) is 6.14. The van der Waals surface area contributed by atoms with Crippen molar-refractivity contribution in [2.75, 3.05) is 26.2 Å². The maximum atomic E-state index is 12.4. The van der Waals surface area contributed by atoms with Crippen LogP contribution in [0.3, 0.4) is 0 Å². The van der Waals surface area contributed by atoms with Gasteiger partial charge in [0, 0.05) is 32.7 Å². The van der Waals surface area contributed by atoms with Crippen LogP contribution >= 0.6 is 11.5 Å². The lowest BCUT2D eigenvalue weighted by Crippen LogP contribution is -2.48. The summed E-state index contributed by atoms with van der Waals surface area (Å²) in [7, 11) is 0. The molecule has 2 heterocycles. The molecule has 1 aromatic carbocycles. The fraction of sp³-hybridized carbons (Fsp3) is 0.400. The van der Waals surface area contributed by atoms with Crippen molar-refractivity contribution >= 4 is 17.4 Å². The van der Waals surface area contributed by atoms with Gasteiger partial charge in [-0.25, -0.2) is 0 Å². The Morgan fingerprint density at radius 1 is 1.19 bits per heavy atom. The molecule has 3 rings (SSSR count).